The lowest BCUT2D eigenvalue weighted by atomic mass is 10.1. The van der Waals surface area contributed by atoms with Gasteiger partial charge in [0.1, 0.15) is 6.61 Å². The van der Waals surface area contributed by atoms with Gasteiger partial charge in [-0.15, -0.1) is 0 Å². The van der Waals surface area contributed by atoms with Gasteiger partial charge in [-0.05, 0) is 24.6 Å². The molecule has 0 amide bonds. The lowest BCUT2D eigenvalue weighted by molar-refractivity contribution is -0.137. The number of halogens is 5. The van der Waals surface area contributed by atoms with Crippen LogP contribution in [0.4, 0.5) is 13.2 Å². The highest BCUT2D eigenvalue weighted by molar-refractivity contribution is 6.36. The van der Waals surface area contributed by atoms with Crippen LogP contribution < -0.4 is 0 Å². The Morgan fingerprint density at radius 2 is 1.95 bits per heavy atom. The van der Waals surface area contributed by atoms with E-state index in [9.17, 15) is 18.0 Å². The molecule has 106 valence electrons. The third-order valence-electron chi connectivity index (χ3n) is 2.21. The molecule has 0 radical (unpaired) electrons. The van der Waals surface area contributed by atoms with Crippen LogP contribution in [-0.4, -0.2) is 25.2 Å². The molecule has 0 fully saturated rings. The van der Waals surface area contributed by atoms with Crippen molar-refractivity contribution in [1.82, 2.24) is 0 Å². The first-order valence-corrected chi connectivity index (χ1v) is 6.18. The van der Waals surface area contributed by atoms with Gasteiger partial charge in [0, 0.05) is 23.6 Å². The van der Waals surface area contributed by atoms with Crippen molar-refractivity contribution in [3.63, 3.8) is 0 Å². The van der Waals surface area contributed by atoms with Crippen molar-refractivity contribution in [2.45, 2.75) is 19.0 Å². The van der Waals surface area contributed by atoms with E-state index in [0.717, 1.165) is 0 Å². The van der Waals surface area contributed by atoms with Crippen molar-refractivity contribution in [2.75, 3.05) is 13.2 Å². The molecule has 0 unspecified atom stereocenters. The zero-order chi connectivity index (χ0) is 14.5. The second kappa shape index (κ2) is 7.12. The maximum Gasteiger partial charge on any atom is 0.389 e. The van der Waals surface area contributed by atoms with Crippen LogP contribution in [0.3, 0.4) is 0 Å². The Morgan fingerprint density at radius 1 is 1.26 bits per heavy atom. The lowest BCUT2D eigenvalue weighted by Crippen LogP contribution is -2.13. The van der Waals surface area contributed by atoms with Crippen LogP contribution in [0.25, 0.3) is 0 Å². The van der Waals surface area contributed by atoms with Crippen LogP contribution in [0.15, 0.2) is 18.2 Å². The molecule has 0 aliphatic rings. The first-order valence-electron chi connectivity index (χ1n) is 5.42. The summed E-state index contributed by atoms with van der Waals surface area (Å²) in [5.41, 5.74) is 0.238. The number of hydrogen-bond donors (Lipinski definition) is 0. The van der Waals surface area contributed by atoms with Gasteiger partial charge in [-0.1, -0.05) is 23.2 Å². The quantitative estimate of drug-likeness (QED) is 0.569. The minimum Gasteiger partial charge on any atom is -0.373 e. The molecule has 19 heavy (non-hydrogen) atoms. The van der Waals surface area contributed by atoms with Gasteiger partial charge in [-0.3, -0.25) is 4.79 Å². The van der Waals surface area contributed by atoms with Crippen LogP contribution in [-0.2, 0) is 4.74 Å². The number of alkyl halides is 3. The van der Waals surface area contributed by atoms with Gasteiger partial charge >= 0.3 is 6.18 Å². The molecule has 1 aromatic rings. The molecule has 0 N–H and O–H groups in total. The van der Waals surface area contributed by atoms with E-state index in [4.69, 9.17) is 27.9 Å². The summed E-state index contributed by atoms with van der Waals surface area (Å²) in [5, 5.41) is 0.587. The van der Waals surface area contributed by atoms with Crippen LogP contribution in [0.1, 0.15) is 23.2 Å². The molecule has 0 saturated heterocycles. The molecule has 0 spiro atoms. The first kappa shape index (κ1) is 16.3. The third kappa shape index (κ3) is 6.27. The molecule has 7 heteroatoms. The Kier molecular flexibility index (Phi) is 6.10. The average molecular weight is 315 g/mol. The summed E-state index contributed by atoms with van der Waals surface area (Å²) < 4.78 is 40.4. The summed E-state index contributed by atoms with van der Waals surface area (Å²) >= 11 is 11.5. The molecule has 1 rings (SSSR count). The van der Waals surface area contributed by atoms with Gasteiger partial charge in [0.15, 0.2) is 5.78 Å². The predicted molar refractivity (Wildman–Crippen MR) is 66.9 cm³/mol. The van der Waals surface area contributed by atoms with E-state index in [0.29, 0.717) is 5.02 Å². The van der Waals surface area contributed by atoms with Gasteiger partial charge in [-0.25, -0.2) is 0 Å². The summed E-state index contributed by atoms with van der Waals surface area (Å²) in [7, 11) is 0. The van der Waals surface area contributed by atoms with Gasteiger partial charge < -0.3 is 4.74 Å². The average Bonchev–Trinajstić information content (AvgIpc) is 2.26. The number of ketones is 1. The second-order valence-corrected chi connectivity index (χ2v) is 4.66. The Bertz CT molecular complexity index is 447. The molecule has 2 nitrogen and oxygen atoms in total. The number of carbonyl (C=O) groups is 1. The van der Waals surface area contributed by atoms with Crippen molar-refractivity contribution in [1.29, 1.82) is 0 Å². The third-order valence-corrected chi connectivity index (χ3v) is 2.76. The molecule has 1 aromatic carbocycles. The zero-order valence-electron chi connectivity index (χ0n) is 9.77. The molecular formula is C12H11Cl2F3O2. The molecular weight excluding hydrogens is 304 g/mol. The number of carbonyl (C=O) groups excluding carboxylic acids is 1. The lowest BCUT2D eigenvalue weighted by Gasteiger charge is -2.07. The van der Waals surface area contributed by atoms with Crippen LogP contribution in [0.5, 0.6) is 0 Å². The van der Waals surface area contributed by atoms with E-state index in [2.05, 4.69) is 0 Å². The molecule has 0 heterocycles. The smallest absolute Gasteiger partial charge is 0.373 e. The maximum absolute atomic E-state index is 11.8. The molecule has 0 aliphatic heterocycles. The summed E-state index contributed by atoms with van der Waals surface area (Å²) in [4.78, 5) is 11.7. The van der Waals surface area contributed by atoms with Crippen molar-refractivity contribution in [3.8, 4) is 0 Å². The maximum atomic E-state index is 11.8. The summed E-state index contributed by atoms with van der Waals surface area (Å²) in [6, 6.07) is 4.37. The summed E-state index contributed by atoms with van der Waals surface area (Å²) in [6.07, 6.45) is -5.30. The number of benzene rings is 1. The van der Waals surface area contributed by atoms with Crippen LogP contribution >= 0.6 is 23.2 Å². The van der Waals surface area contributed by atoms with Crippen molar-refractivity contribution >= 4 is 29.0 Å². The number of rotatable bonds is 6. The number of Topliss-reactive ketones (excluding diaryl/α,β-unsaturated/α-hetero) is 1. The molecule has 0 bridgehead atoms. The van der Waals surface area contributed by atoms with Crippen LogP contribution in [0.2, 0.25) is 10.0 Å². The first-order chi connectivity index (χ1) is 8.79. The minimum absolute atomic E-state index is 0.129. The fourth-order valence-electron chi connectivity index (χ4n) is 1.33. The molecule has 0 aromatic heterocycles. The van der Waals surface area contributed by atoms with Gasteiger partial charge in [0.25, 0.3) is 0 Å². The van der Waals surface area contributed by atoms with Crippen molar-refractivity contribution in [2.24, 2.45) is 0 Å². The van der Waals surface area contributed by atoms with E-state index in [1.807, 2.05) is 0 Å². The fourth-order valence-corrected chi connectivity index (χ4v) is 1.85. The number of ether oxygens (including phenoxy) is 1. The monoisotopic (exact) mass is 314 g/mol. The highest BCUT2D eigenvalue weighted by Gasteiger charge is 2.26. The standard InChI is InChI=1S/C12H11Cl2F3O2/c13-8-2-3-9(10(14)6-8)11(18)7-19-5-1-4-12(15,16)17/h2-3,6H,1,4-5,7H2. The zero-order valence-corrected chi connectivity index (χ0v) is 11.3. The highest BCUT2D eigenvalue weighted by atomic mass is 35.5. The van der Waals surface area contributed by atoms with Crippen molar-refractivity contribution in [3.05, 3.63) is 33.8 Å². The van der Waals surface area contributed by atoms with Gasteiger partial charge in [-0.2, -0.15) is 13.2 Å². The molecule has 0 saturated carbocycles. The SMILES string of the molecule is O=C(COCCCC(F)(F)F)c1ccc(Cl)cc1Cl. The number of hydrogen-bond acceptors (Lipinski definition) is 2. The normalized spacial score (nSPS) is 11.6. The molecule has 0 atom stereocenters. The Balaban J connectivity index is 2.36. The van der Waals surface area contributed by atoms with Gasteiger partial charge in [0.2, 0.25) is 0 Å². The summed E-state index contributed by atoms with van der Waals surface area (Å²) in [5.74, 6) is -0.395. The Hall–Kier alpha value is -0.780. The topological polar surface area (TPSA) is 26.3 Å². The summed E-state index contributed by atoms with van der Waals surface area (Å²) in [6.45, 7) is -0.435. The van der Waals surface area contributed by atoms with E-state index in [1.54, 1.807) is 0 Å². The second-order valence-electron chi connectivity index (χ2n) is 3.82. The van der Waals surface area contributed by atoms with E-state index in [1.165, 1.54) is 18.2 Å². The predicted octanol–water partition coefficient (Wildman–Crippen LogP) is 4.54. The van der Waals surface area contributed by atoms with Gasteiger partial charge in [0.05, 0.1) is 5.02 Å². The Labute approximate surface area is 118 Å². The largest absolute Gasteiger partial charge is 0.389 e. The Morgan fingerprint density at radius 3 is 2.53 bits per heavy atom. The molecule has 0 aliphatic carbocycles. The van der Waals surface area contributed by atoms with Crippen LogP contribution in [0, 0.1) is 0 Å². The van der Waals surface area contributed by atoms with E-state index >= 15 is 0 Å². The minimum atomic E-state index is -4.20. The fraction of sp³-hybridized carbons (Fsp3) is 0.417. The highest BCUT2D eigenvalue weighted by Crippen LogP contribution is 2.22. The van der Waals surface area contributed by atoms with E-state index < -0.39 is 18.4 Å². The van der Waals surface area contributed by atoms with E-state index in [-0.39, 0.29) is 30.2 Å². The van der Waals surface area contributed by atoms with Crippen molar-refractivity contribution < 1.29 is 22.7 Å².